The maximum atomic E-state index is 13.2. The molecule has 0 saturated carbocycles. The lowest BCUT2D eigenvalue weighted by molar-refractivity contribution is 0.0942. The first-order chi connectivity index (χ1) is 17.0. The van der Waals surface area contributed by atoms with Crippen LogP contribution in [0, 0.1) is 0 Å². The Morgan fingerprint density at radius 2 is 1.91 bits per heavy atom. The largest absolute Gasteiger partial charge is 0.379 e. The van der Waals surface area contributed by atoms with Gasteiger partial charge in [0.2, 0.25) is 0 Å². The van der Waals surface area contributed by atoms with Gasteiger partial charge in [-0.25, -0.2) is 4.98 Å². The lowest BCUT2D eigenvalue weighted by Gasteiger charge is -2.11. The highest BCUT2D eigenvalue weighted by atomic mass is 32.1. The molecule has 6 rings (SSSR count). The first-order valence-corrected chi connectivity index (χ1v) is 12.3. The monoisotopic (exact) mass is 484 g/mol. The van der Waals surface area contributed by atoms with Crippen molar-refractivity contribution in [1.29, 1.82) is 0 Å². The van der Waals surface area contributed by atoms with Gasteiger partial charge in [0.15, 0.2) is 5.82 Å². The number of amides is 1. The van der Waals surface area contributed by atoms with Crippen LogP contribution < -0.4 is 16.6 Å². The first-order valence-electron chi connectivity index (χ1n) is 11.5. The van der Waals surface area contributed by atoms with E-state index in [2.05, 4.69) is 19.8 Å². The minimum atomic E-state index is -0.406. The Kier molecular flexibility index (Phi) is 5.16. The van der Waals surface area contributed by atoms with E-state index in [4.69, 9.17) is 5.73 Å². The van der Waals surface area contributed by atoms with Gasteiger partial charge in [0.05, 0.1) is 21.6 Å². The summed E-state index contributed by atoms with van der Waals surface area (Å²) in [5, 5.41) is 4.15. The number of likely N-dealkylation sites (tertiary alicyclic amines) is 1. The molecule has 2 aromatic carbocycles. The lowest BCUT2D eigenvalue weighted by atomic mass is 10.2. The number of carbonyl (C=O) groups excluding carboxylic acids is 1. The summed E-state index contributed by atoms with van der Waals surface area (Å²) in [7, 11) is 2.04. The predicted octanol–water partition coefficient (Wildman–Crippen LogP) is 3.41. The van der Waals surface area contributed by atoms with E-state index in [1.807, 2.05) is 67.8 Å². The summed E-state index contributed by atoms with van der Waals surface area (Å²) in [4.78, 5) is 33.7. The number of para-hydroxylation sites is 1. The SMILES string of the molecule is CN1CCC(NC(=O)c2cc3c(nc(N)c(=O)n3-c3ccc4ccn(-c5ccccc5)c4c3)s2)C1. The second-order valence-electron chi connectivity index (χ2n) is 8.92. The minimum Gasteiger partial charge on any atom is -0.379 e. The van der Waals surface area contributed by atoms with E-state index in [-0.39, 0.29) is 17.8 Å². The van der Waals surface area contributed by atoms with Crippen LogP contribution in [-0.2, 0) is 0 Å². The van der Waals surface area contributed by atoms with Crippen LogP contribution in [0.4, 0.5) is 5.82 Å². The molecule has 1 atom stereocenters. The normalized spacial score (nSPS) is 16.3. The molecule has 0 aliphatic carbocycles. The van der Waals surface area contributed by atoms with Crippen LogP contribution in [0.25, 0.3) is 32.6 Å². The van der Waals surface area contributed by atoms with Gasteiger partial charge in [-0.3, -0.25) is 14.2 Å². The summed E-state index contributed by atoms with van der Waals surface area (Å²) >= 11 is 1.24. The molecular weight excluding hydrogens is 460 g/mol. The zero-order valence-corrected chi connectivity index (χ0v) is 20.0. The van der Waals surface area contributed by atoms with Gasteiger partial charge < -0.3 is 20.5 Å². The fourth-order valence-electron chi connectivity index (χ4n) is 4.74. The van der Waals surface area contributed by atoms with Crippen molar-refractivity contribution in [2.45, 2.75) is 12.5 Å². The van der Waals surface area contributed by atoms with E-state index in [1.165, 1.54) is 11.3 Å². The molecule has 8 nitrogen and oxygen atoms in total. The Morgan fingerprint density at radius 1 is 1.09 bits per heavy atom. The van der Waals surface area contributed by atoms with Gasteiger partial charge >= 0.3 is 0 Å². The number of hydrogen-bond donors (Lipinski definition) is 2. The molecule has 0 bridgehead atoms. The van der Waals surface area contributed by atoms with Gasteiger partial charge in [0.1, 0.15) is 4.83 Å². The average molecular weight is 485 g/mol. The molecular formula is C26H24N6O2S. The van der Waals surface area contributed by atoms with Gasteiger partial charge in [-0.15, -0.1) is 11.3 Å². The third-order valence-electron chi connectivity index (χ3n) is 6.50. The molecule has 176 valence electrons. The molecule has 1 unspecified atom stereocenters. The maximum absolute atomic E-state index is 13.2. The van der Waals surface area contributed by atoms with Crippen LogP contribution in [0.2, 0.25) is 0 Å². The number of anilines is 1. The number of carbonyl (C=O) groups is 1. The highest BCUT2D eigenvalue weighted by Gasteiger charge is 2.23. The summed E-state index contributed by atoms with van der Waals surface area (Å²) in [6, 6.07) is 19.8. The fourth-order valence-corrected chi connectivity index (χ4v) is 5.67. The highest BCUT2D eigenvalue weighted by molar-refractivity contribution is 7.20. The van der Waals surface area contributed by atoms with Crippen molar-refractivity contribution in [1.82, 2.24) is 24.3 Å². The summed E-state index contributed by atoms with van der Waals surface area (Å²) in [5.41, 5.74) is 8.84. The van der Waals surface area contributed by atoms with Crippen LogP contribution in [0.3, 0.4) is 0 Å². The number of aromatic nitrogens is 3. The van der Waals surface area contributed by atoms with Crippen molar-refractivity contribution in [3.05, 3.63) is 82.1 Å². The molecule has 1 fully saturated rings. The fraction of sp³-hybridized carbons (Fsp3) is 0.192. The molecule has 0 radical (unpaired) electrons. The van der Waals surface area contributed by atoms with E-state index < -0.39 is 5.56 Å². The summed E-state index contributed by atoms with van der Waals surface area (Å²) < 4.78 is 3.63. The van der Waals surface area contributed by atoms with E-state index in [0.29, 0.717) is 20.9 Å². The van der Waals surface area contributed by atoms with Gasteiger partial charge in [-0.2, -0.15) is 0 Å². The first kappa shape index (κ1) is 21.6. The topological polar surface area (TPSA) is 98.2 Å². The van der Waals surface area contributed by atoms with Gasteiger partial charge in [-0.1, -0.05) is 24.3 Å². The molecule has 1 amide bonds. The summed E-state index contributed by atoms with van der Waals surface area (Å²) in [6.07, 6.45) is 2.93. The molecule has 35 heavy (non-hydrogen) atoms. The van der Waals surface area contributed by atoms with Gasteiger partial charge in [0.25, 0.3) is 11.5 Å². The van der Waals surface area contributed by atoms with E-state index in [1.54, 1.807) is 10.6 Å². The third kappa shape index (κ3) is 3.78. The molecule has 0 spiro atoms. The number of thiophene rings is 1. The number of fused-ring (bicyclic) bond motifs is 2. The molecule has 3 N–H and O–H groups in total. The minimum absolute atomic E-state index is 0.0951. The van der Waals surface area contributed by atoms with Crippen LogP contribution in [0.5, 0.6) is 0 Å². The zero-order chi connectivity index (χ0) is 24.1. The number of nitrogens with two attached hydrogens (primary N) is 1. The molecule has 4 heterocycles. The number of rotatable bonds is 4. The number of nitrogens with zero attached hydrogens (tertiary/aromatic N) is 4. The maximum Gasteiger partial charge on any atom is 0.298 e. The Hall–Kier alpha value is -3.95. The summed E-state index contributed by atoms with van der Waals surface area (Å²) in [5.74, 6) is -0.249. The molecule has 3 aromatic heterocycles. The number of hydrogen-bond acceptors (Lipinski definition) is 6. The van der Waals surface area contributed by atoms with Crippen LogP contribution in [-0.4, -0.2) is 51.1 Å². The van der Waals surface area contributed by atoms with Crippen molar-refractivity contribution in [3.63, 3.8) is 0 Å². The van der Waals surface area contributed by atoms with Gasteiger partial charge in [-0.05, 0) is 56.4 Å². The highest BCUT2D eigenvalue weighted by Crippen LogP contribution is 2.28. The van der Waals surface area contributed by atoms with Crippen molar-refractivity contribution in [2.24, 2.45) is 0 Å². The predicted molar refractivity (Wildman–Crippen MR) is 140 cm³/mol. The van der Waals surface area contributed by atoms with Crippen LogP contribution in [0.1, 0.15) is 16.1 Å². The standard InChI is InChI=1S/C26H24N6O2S/c1-30-11-10-17(15-30)28-24(33)22-14-21-25(35-22)29-23(27)26(34)32(21)19-8-7-16-9-12-31(20(16)13-19)18-5-3-2-4-6-18/h2-9,12-14,17H,10-11,15H2,1H3,(H2,27,29)(H,28,33). The van der Waals surface area contributed by atoms with Crippen molar-refractivity contribution < 1.29 is 4.79 Å². The Morgan fingerprint density at radius 3 is 2.69 bits per heavy atom. The zero-order valence-electron chi connectivity index (χ0n) is 19.1. The third-order valence-corrected chi connectivity index (χ3v) is 7.52. The Balaban J connectivity index is 1.45. The molecule has 1 aliphatic rings. The number of benzene rings is 2. The molecule has 1 aliphatic heterocycles. The molecule has 9 heteroatoms. The van der Waals surface area contributed by atoms with Crippen molar-refractivity contribution in [3.8, 4) is 11.4 Å². The smallest absolute Gasteiger partial charge is 0.298 e. The van der Waals surface area contributed by atoms with Crippen molar-refractivity contribution in [2.75, 3.05) is 25.9 Å². The number of nitrogen functional groups attached to an aromatic ring is 1. The quantitative estimate of drug-likeness (QED) is 0.407. The van der Waals surface area contributed by atoms with E-state index >= 15 is 0 Å². The van der Waals surface area contributed by atoms with Gasteiger partial charge in [0, 0.05) is 29.9 Å². The van der Waals surface area contributed by atoms with Crippen LogP contribution in [0.15, 0.2) is 71.7 Å². The van der Waals surface area contributed by atoms with E-state index in [0.717, 1.165) is 36.1 Å². The Bertz CT molecular complexity index is 1630. The molecule has 1 saturated heterocycles. The summed E-state index contributed by atoms with van der Waals surface area (Å²) in [6.45, 7) is 1.79. The van der Waals surface area contributed by atoms with Crippen molar-refractivity contribution >= 4 is 44.3 Å². The molecule has 5 aromatic rings. The number of nitrogens with one attached hydrogen (secondary N) is 1. The Labute approximate surface area is 205 Å². The lowest BCUT2D eigenvalue weighted by Crippen LogP contribution is -2.36. The number of likely N-dealkylation sites (N-methyl/N-ethyl adjacent to an activating group) is 1. The average Bonchev–Trinajstić information content (AvgIpc) is 3.58. The van der Waals surface area contributed by atoms with E-state index in [9.17, 15) is 9.59 Å². The second-order valence-corrected chi connectivity index (χ2v) is 9.96. The van der Waals surface area contributed by atoms with Crippen LogP contribution >= 0.6 is 11.3 Å². The second kappa shape index (κ2) is 8.37.